The van der Waals surface area contributed by atoms with Crippen molar-refractivity contribution in [3.05, 3.63) is 0 Å². The maximum absolute atomic E-state index is 12.7. The highest BCUT2D eigenvalue weighted by molar-refractivity contribution is 5.94. The molecule has 4 unspecified atom stereocenters. The predicted octanol–water partition coefficient (Wildman–Crippen LogP) is -1.74. The van der Waals surface area contributed by atoms with Crippen LogP contribution in [0.15, 0.2) is 0 Å². The molecule has 31 heavy (non-hydrogen) atoms. The summed E-state index contributed by atoms with van der Waals surface area (Å²) in [7, 11) is 0. The molecule has 1 aliphatic heterocycles. The number of carbonyl (C=O) groups is 5. The Bertz CT molecular complexity index is 684. The third-order valence-corrected chi connectivity index (χ3v) is 4.96. The van der Waals surface area contributed by atoms with Gasteiger partial charge in [0.2, 0.25) is 17.7 Å². The minimum Gasteiger partial charge on any atom is -0.481 e. The molecule has 0 aromatic carbocycles. The molecule has 1 aliphatic rings. The molecular weight excluding hydrogens is 412 g/mol. The number of nitrogens with one attached hydrogen (secondary N) is 2. The first kappa shape index (κ1) is 26.3. The monoisotopic (exact) mass is 444 g/mol. The van der Waals surface area contributed by atoms with E-state index >= 15 is 0 Å². The SMILES string of the molecule is CC(C)CC(N)C(=O)N1CCCC1C(=O)NC(CO)C(=O)NC(CCC(=O)O)C(=O)O. The summed E-state index contributed by atoms with van der Waals surface area (Å²) in [4.78, 5) is 60.9. The molecule has 0 spiro atoms. The van der Waals surface area contributed by atoms with Crippen molar-refractivity contribution in [3.8, 4) is 0 Å². The molecule has 0 aliphatic carbocycles. The summed E-state index contributed by atoms with van der Waals surface area (Å²) in [5, 5.41) is 31.8. The Morgan fingerprint density at radius 3 is 2.26 bits per heavy atom. The van der Waals surface area contributed by atoms with Crippen molar-refractivity contribution in [1.82, 2.24) is 15.5 Å². The fraction of sp³-hybridized carbons (Fsp3) is 0.737. The second-order valence-corrected chi connectivity index (χ2v) is 8.00. The zero-order chi connectivity index (χ0) is 23.7. The Morgan fingerprint density at radius 2 is 1.74 bits per heavy atom. The zero-order valence-electron chi connectivity index (χ0n) is 17.7. The summed E-state index contributed by atoms with van der Waals surface area (Å²) in [6.07, 6.45) is 0.551. The zero-order valence-corrected chi connectivity index (χ0v) is 17.7. The Labute approximate surface area is 180 Å². The number of aliphatic hydroxyl groups excluding tert-OH is 1. The molecule has 0 saturated carbocycles. The van der Waals surface area contributed by atoms with Gasteiger partial charge in [0, 0.05) is 13.0 Å². The molecule has 1 heterocycles. The first-order chi connectivity index (χ1) is 14.5. The van der Waals surface area contributed by atoms with Crippen molar-refractivity contribution in [2.24, 2.45) is 11.7 Å². The molecule has 1 saturated heterocycles. The molecule has 0 bridgehead atoms. The summed E-state index contributed by atoms with van der Waals surface area (Å²) in [5.74, 6) is -4.47. The Morgan fingerprint density at radius 1 is 1.10 bits per heavy atom. The molecule has 1 rings (SSSR count). The first-order valence-corrected chi connectivity index (χ1v) is 10.2. The lowest BCUT2D eigenvalue weighted by Gasteiger charge is -2.28. The second-order valence-electron chi connectivity index (χ2n) is 8.00. The van der Waals surface area contributed by atoms with E-state index in [0.29, 0.717) is 25.8 Å². The number of aliphatic hydroxyl groups is 1. The minimum absolute atomic E-state index is 0.194. The van der Waals surface area contributed by atoms with Crippen LogP contribution in [0.5, 0.6) is 0 Å². The average Bonchev–Trinajstić information content (AvgIpc) is 3.17. The average molecular weight is 444 g/mol. The van der Waals surface area contributed by atoms with E-state index in [-0.39, 0.29) is 18.2 Å². The number of carboxylic acids is 2. The number of rotatable bonds is 12. The summed E-state index contributed by atoms with van der Waals surface area (Å²) >= 11 is 0. The largest absolute Gasteiger partial charge is 0.481 e. The van der Waals surface area contributed by atoms with Crippen molar-refractivity contribution >= 4 is 29.7 Å². The molecule has 176 valence electrons. The van der Waals surface area contributed by atoms with Crippen molar-refractivity contribution < 1.29 is 39.3 Å². The van der Waals surface area contributed by atoms with Crippen LogP contribution >= 0.6 is 0 Å². The maximum Gasteiger partial charge on any atom is 0.326 e. The number of nitrogens with zero attached hydrogens (tertiary/aromatic N) is 1. The highest BCUT2D eigenvalue weighted by atomic mass is 16.4. The Hall–Kier alpha value is -2.73. The summed E-state index contributed by atoms with van der Waals surface area (Å²) in [6, 6.07) is -4.56. The van der Waals surface area contributed by atoms with Gasteiger partial charge in [-0.25, -0.2) is 4.79 Å². The maximum atomic E-state index is 12.7. The second kappa shape index (κ2) is 12.2. The quantitative estimate of drug-likeness (QED) is 0.202. The van der Waals surface area contributed by atoms with E-state index in [4.69, 9.17) is 15.9 Å². The number of likely N-dealkylation sites (tertiary alicyclic amines) is 1. The van der Waals surface area contributed by atoms with Crippen LogP contribution in [0.4, 0.5) is 0 Å². The van der Waals surface area contributed by atoms with Crippen molar-refractivity contribution in [1.29, 1.82) is 0 Å². The van der Waals surface area contributed by atoms with E-state index < -0.39 is 60.9 Å². The predicted molar refractivity (Wildman–Crippen MR) is 108 cm³/mol. The molecule has 12 nitrogen and oxygen atoms in total. The Balaban J connectivity index is 2.77. The van der Waals surface area contributed by atoms with E-state index in [1.165, 1.54) is 4.90 Å². The minimum atomic E-state index is -1.49. The van der Waals surface area contributed by atoms with Crippen LogP contribution < -0.4 is 16.4 Å². The molecule has 7 N–H and O–H groups in total. The fourth-order valence-electron chi connectivity index (χ4n) is 3.38. The Kier molecular flexibility index (Phi) is 10.4. The molecule has 4 atom stereocenters. The van der Waals surface area contributed by atoms with Gasteiger partial charge in [-0.15, -0.1) is 0 Å². The van der Waals surface area contributed by atoms with Gasteiger partial charge in [0.1, 0.15) is 18.1 Å². The lowest BCUT2D eigenvalue weighted by molar-refractivity contribution is -0.144. The number of hydrogen-bond acceptors (Lipinski definition) is 7. The van der Waals surface area contributed by atoms with Crippen molar-refractivity contribution in [3.63, 3.8) is 0 Å². The molecule has 3 amide bonds. The highest BCUT2D eigenvalue weighted by Crippen LogP contribution is 2.20. The van der Waals surface area contributed by atoms with Gasteiger partial charge in [-0.1, -0.05) is 13.8 Å². The molecular formula is C19H32N4O8. The number of carboxylic acid groups (broad SMARTS) is 2. The van der Waals surface area contributed by atoms with Gasteiger partial charge in [-0.2, -0.15) is 0 Å². The van der Waals surface area contributed by atoms with Crippen LogP contribution in [-0.2, 0) is 24.0 Å². The normalized spacial score (nSPS) is 18.9. The number of aliphatic carboxylic acids is 2. The molecule has 0 radical (unpaired) electrons. The highest BCUT2D eigenvalue weighted by Gasteiger charge is 2.38. The van der Waals surface area contributed by atoms with Crippen LogP contribution in [0, 0.1) is 5.92 Å². The lowest BCUT2D eigenvalue weighted by Crippen LogP contribution is -2.57. The van der Waals surface area contributed by atoms with Crippen molar-refractivity contribution in [2.45, 2.75) is 70.1 Å². The fourth-order valence-corrected chi connectivity index (χ4v) is 3.38. The molecule has 1 fully saturated rings. The van der Waals surface area contributed by atoms with Gasteiger partial charge in [0.05, 0.1) is 12.6 Å². The van der Waals surface area contributed by atoms with Crippen molar-refractivity contribution in [2.75, 3.05) is 13.2 Å². The topological polar surface area (TPSA) is 199 Å². The van der Waals surface area contributed by atoms with E-state index in [9.17, 15) is 29.1 Å². The van der Waals surface area contributed by atoms with E-state index in [0.717, 1.165) is 0 Å². The number of hydrogen-bond donors (Lipinski definition) is 6. The standard InChI is InChI=1S/C19H32N4O8/c1-10(2)8-11(20)18(29)23-7-3-4-14(23)17(28)22-13(9-24)16(27)21-12(19(30)31)5-6-15(25)26/h10-14,24H,3-9,20H2,1-2H3,(H,21,27)(H,22,28)(H,25,26)(H,30,31). The molecule has 12 heteroatoms. The van der Waals surface area contributed by atoms with Crippen LogP contribution in [0.3, 0.4) is 0 Å². The molecule has 0 aromatic rings. The van der Waals surface area contributed by atoms with Crippen LogP contribution in [0.25, 0.3) is 0 Å². The van der Waals surface area contributed by atoms with Gasteiger partial charge in [-0.05, 0) is 31.6 Å². The van der Waals surface area contributed by atoms with Crippen LogP contribution in [-0.4, -0.2) is 87.2 Å². The number of amides is 3. The van der Waals surface area contributed by atoms with E-state index in [1.807, 2.05) is 13.8 Å². The number of carbonyl (C=O) groups excluding carboxylic acids is 3. The van der Waals surface area contributed by atoms with Gasteiger partial charge in [0.15, 0.2) is 0 Å². The third-order valence-electron chi connectivity index (χ3n) is 4.96. The first-order valence-electron chi connectivity index (χ1n) is 10.2. The van der Waals surface area contributed by atoms with Gasteiger partial charge in [-0.3, -0.25) is 19.2 Å². The van der Waals surface area contributed by atoms with E-state index in [2.05, 4.69) is 10.6 Å². The summed E-state index contributed by atoms with van der Waals surface area (Å²) in [5.41, 5.74) is 5.94. The summed E-state index contributed by atoms with van der Waals surface area (Å²) < 4.78 is 0. The lowest BCUT2D eigenvalue weighted by atomic mass is 10.0. The van der Waals surface area contributed by atoms with Crippen LogP contribution in [0.1, 0.15) is 46.0 Å². The number of nitrogens with two attached hydrogens (primary N) is 1. The van der Waals surface area contributed by atoms with Gasteiger partial charge >= 0.3 is 11.9 Å². The smallest absolute Gasteiger partial charge is 0.326 e. The van der Waals surface area contributed by atoms with Gasteiger partial charge < -0.3 is 36.6 Å². The third kappa shape index (κ3) is 8.13. The summed E-state index contributed by atoms with van der Waals surface area (Å²) in [6.45, 7) is 3.38. The van der Waals surface area contributed by atoms with Crippen LogP contribution in [0.2, 0.25) is 0 Å². The van der Waals surface area contributed by atoms with Gasteiger partial charge in [0.25, 0.3) is 0 Å². The molecule has 0 aromatic heterocycles. The van der Waals surface area contributed by atoms with E-state index in [1.54, 1.807) is 0 Å².